The molecule has 12 heteroatoms. The number of primary amides is 1. The standard InChI is InChI=1S/C19H28BN3O3.C4H10N2O.C4H11NO.C2H6/c1-12(2)9-16(24)23-18(13(3)4)19(26)21-11-17(25)22-15-7-5-14(10-20)6-8-15;1-2-3-6-4(5)7;1-4(2,5)3-6;1-2/h5-8,12-13,18H,9-11H2,1-4H3,(H,21,26)(H,22,25)(H,23,24);2-3H2,1H3,(H3,5,6,7);6H,3,5H2,1-2H3;1-2H3. The highest BCUT2D eigenvalue weighted by atomic mass is 16.3. The summed E-state index contributed by atoms with van der Waals surface area (Å²) in [7, 11) is 5.53. The highest BCUT2D eigenvalue weighted by Gasteiger charge is 2.24. The smallest absolute Gasteiger partial charge is 0.312 e. The summed E-state index contributed by atoms with van der Waals surface area (Å²) in [6, 6.07) is 6.05. The van der Waals surface area contributed by atoms with Gasteiger partial charge in [-0.3, -0.25) is 14.4 Å². The van der Waals surface area contributed by atoms with Crippen LogP contribution in [0.4, 0.5) is 10.5 Å². The van der Waals surface area contributed by atoms with Crippen LogP contribution in [-0.2, 0) is 20.7 Å². The Hall–Kier alpha value is -3.12. The number of hydrogen-bond donors (Lipinski definition) is 7. The molecular formula is C29H55BN6O5. The molecule has 0 aliphatic carbocycles. The molecular weight excluding hydrogens is 523 g/mol. The van der Waals surface area contributed by atoms with Gasteiger partial charge in [-0.2, -0.15) is 0 Å². The molecule has 0 fully saturated rings. The van der Waals surface area contributed by atoms with E-state index >= 15 is 0 Å². The topological polar surface area (TPSA) is 189 Å². The maximum absolute atomic E-state index is 12.3. The molecule has 0 aliphatic heterocycles. The molecule has 0 bridgehead atoms. The minimum Gasteiger partial charge on any atom is -0.394 e. The van der Waals surface area contributed by atoms with Crippen molar-refractivity contribution in [2.24, 2.45) is 23.3 Å². The maximum Gasteiger partial charge on any atom is 0.312 e. The molecule has 11 nitrogen and oxygen atoms in total. The molecule has 41 heavy (non-hydrogen) atoms. The van der Waals surface area contributed by atoms with Gasteiger partial charge in [-0.15, -0.1) is 0 Å². The molecule has 0 spiro atoms. The Morgan fingerprint density at radius 3 is 1.83 bits per heavy atom. The highest BCUT2D eigenvalue weighted by Crippen LogP contribution is 2.09. The summed E-state index contributed by atoms with van der Waals surface area (Å²) in [5.41, 5.74) is 11.2. The molecule has 5 amide bonds. The number of carbonyl (C=O) groups is 4. The Morgan fingerprint density at radius 1 is 0.976 bits per heavy atom. The fraction of sp³-hybridized carbons (Fsp3) is 0.655. The number of rotatable bonds is 12. The molecule has 1 aromatic carbocycles. The molecule has 0 aromatic heterocycles. The van der Waals surface area contributed by atoms with Crippen LogP contribution in [0.2, 0.25) is 0 Å². The lowest BCUT2D eigenvalue weighted by Gasteiger charge is -2.22. The number of amides is 5. The molecule has 0 heterocycles. The average Bonchev–Trinajstić information content (AvgIpc) is 2.90. The van der Waals surface area contributed by atoms with Gasteiger partial charge >= 0.3 is 6.03 Å². The molecule has 1 aromatic rings. The van der Waals surface area contributed by atoms with Crippen molar-refractivity contribution in [1.82, 2.24) is 16.0 Å². The quantitative estimate of drug-likeness (QED) is 0.186. The zero-order chi connectivity index (χ0) is 32.6. The predicted molar refractivity (Wildman–Crippen MR) is 168 cm³/mol. The maximum atomic E-state index is 12.3. The monoisotopic (exact) mass is 578 g/mol. The van der Waals surface area contributed by atoms with Crippen molar-refractivity contribution in [2.45, 2.75) is 93.1 Å². The molecule has 0 saturated heterocycles. The first-order valence-corrected chi connectivity index (χ1v) is 14.1. The lowest BCUT2D eigenvalue weighted by Crippen LogP contribution is -2.51. The van der Waals surface area contributed by atoms with Crippen molar-refractivity contribution < 1.29 is 24.3 Å². The van der Waals surface area contributed by atoms with Gasteiger partial charge in [-0.25, -0.2) is 4.79 Å². The summed E-state index contributed by atoms with van der Waals surface area (Å²) in [5, 5.41) is 18.7. The van der Waals surface area contributed by atoms with Gasteiger partial charge in [-0.05, 0) is 44.2 Å². The molecule has 9 N–H and O–H groups in total. The summed E-state index contributed by atoms with van der Waals surface area (Å²) >= 11 is 0. The van der Waals surface area contributed by atoms with E-state index in [1.54, 1.807) is 26.0 Å². The number of hydrogen-bond acceptors (Lipinski definition) is 6. The lowest BCUT2D eigenvalue weighted by atomic mass is 9.97. The van der Waals surface area contributed by atoms with Gasteiger partial charge in [0.1, 0.15) is 6.04 Å². The number of benzene rings is 1. The number of aliphatic hydroxyl groups is 1. The molecule has 0 aliphatic rings. The second kappa shape index (κ2) is 24.7. The molecule has 1 unspecified atom stereocenters. The van der Waals surface area contributed by atoms with Crippen LogP contribution in [0.25, 0.3) is 0 Å². The minimum absolute atomic E-state index is 0.0486. The zero-order valence-corrected chi connectivity index (χ0v) is 26.6. The van der Waals surface area contributed by atoms with Gasteiger partial charge in [0.15, 0.2) is 0 Å². The third-order valence-corrected chi connectivity index (χ3v) is 4.71. The Morgan fingerprint density at radius 2 is 1.49 bits per heavy atom. The van der Waals surface area contributed by atoms with Crippen molar-refractivity contribution in [2.75, 3.05) is 25.0 Å². The number of nitrogens with one attached hydrogen (secondary N) is 4. The summed E-state index contributed by atoms with van der Waals surface area (Å²) in [6.45, 7) is 17.6. The van der Waals surface area contributed by atoms with Crippen molar-refractivity contribution >= 4 is 37.3 Å². The fourth-order valence-corrected chi connectivity index (χ4v) is 2.59. The molecule has 2 radical (unpaired) electrons. The molecule has 234 valence electrons. The van der Waals surface area contributed by atoms with Gasteiger partial charge in [0.2, 0.25) is 17.7 Å². The molecule has 1 atom stereocenters. The third-order valence-electron chi connectivity index (χ3n) is 4.71. The second-order valence-corrected chi connectivity index (χ2v) is 10.5. The number of nitrogens with two attached hydrogens (primary N) is 2. The van der Waals surface area contributed by atoms with E-state index in [0.29, 0.717) is 25.0 Å². The van der Waals surface area contributed by atoms with Gasteiger partial charge < -0.3 is 37.8 Å². The minimum atomic E-state index is -0.669. The van der Waals surface area contributed by atoms with Crippen molar-refractivity contribution in [3.05, 3.63) is 29.8 Å². The first kappa shape index (κ1) is 42.4. The van der Waals surface area contributed by atoms with Gasteiger partial charge in [0.05, 0.1) is 21.0 Å². The number of anilines is 1. The van der Waals surface area contributed by atoms with E-state index in [-0.39, 0.29) is 42.7 Å². The first-order valence-electron chi connectivity index (χ1n) is 14.1. The summed E-state index contributed by atoms with van der Waals surface area (Å²) < 4.78 is 0. The molecule has 0 saturated carbocycles. The lowest BCUT2D eigenvalue weighted by molar-refractivity contribution is -0.131. The normalized spacial score (nSPS) is 10.9. The first-order chi connectivity index (χ1) is 19.1. The molecule has 1 rings (SSSR count). The van der Waals surface area contributed by atoms with Crippen LogP contribution >= 0.6 is 0 Å². The number of carbonyl (C=O) groups excluding carboxylic acids is 4. The highest BCUT2D eigenvalue weighted by molar-refractivity contribution is 6.08. The summed E-state index contributed by atoms with van der Waals surface area (Å²) in [6.07, 6.45) is 1.72. The van der Waals surface area contributed by atoms with Crippen LogP contribution in [-0.4, -0.2) is 68.0 Å². The van der Waals surface area contributed by atoms with Crippen LogP contribution < -0.4 is 32.7 Å². The number of urea groups is 1. The third kappa shape index (κ3) is 26.9. The largest absolute Gasteiger partial charge is 0.394 e. The van der Waals surface area contributed by atoms with E-state index in [0.717, 1.165) is 12.0 Å². The van der Waals surface area contributed by atoms with E-state index in [4.69, 9.17) is 24.4 Å². The van der Waals surface area contributed by atoms with Crippen LogP contribution in [0.5, 0.6) is 0 Å². The Balaban J connectivity index is -0.000000790. The van der Waals surface area contributed by atoms with Crippen LogP contribution in [0.3, 0.4) is 0 Å². The Labute approximate surface area is 248 Å². The van der Waals surface area contributed by atoms with Gasteiger partial charge in [0.25, 0.3) is 0 Å². The van der Waals surface area contributed by atoms with E-state index in [9.17, 15) is 19.2 Å². The van der Waals surface area contributed by atoms with E-state index < -0.39 is 17.6 Å². The number of aliphatic hydroxyl groups excluding tert-OH is 1. The summed E-state index contributed by atoms with van der Waals surface area (Å²) in [5.74, 6) is -0.751. The van der Waals surface area contributed by atoms with Crippen LogP contribution in [0.1, 0.15) is 80.7 Å². The van der Waals surface area contributed by atoms with Crippen LogP contribution in [0, 0.1) is 11.8 Å². The van der Waals surface area contributed by atoms with Crippen molar-refractivity contribution in [1.29, 1.82) is 0 Å². The summed E-state index contributed by atoms with van der Waals surface area (Å²) in [4.78, 5) is 46.1. The van der Waals surface area contributed by atoms with E-state index in [1.807, 2.05) is 60.6 Å². The van der Waals surface area contributed by atoms with Gasteiger partial charge in [0, 0.05) is 24.2 Å². The fourth-order valence-electron chi connectivity index (χ4n) is 2.59. The second-order valence-electron chi connectivity index (χ2n) is 10.5. The van der Waals surface area contributed by atoms with Gasteiger partial charge in [-0.1, -0.05) is 72.5 Å². The predicted octanol–water partition coefficient (Wildman–Crippen LogP) is 2.40. The Bertz CT molecular complexity index is 858. The van der Waals surface area contributed by atoms with E-state index in [1.165, 1.54) is 0 Å². The average molecular weight is 579 g/mol. The SMILES string of the molecule is CC.CC(C)(N)CO.CCCNC(N)=O.[B]Cc1ccc(NC(=O)CNC(=O)C(NC(=O)CC(C)C)C(C)C)cc1. The van der Waals surface area contributed by atoms with Crippen molar-refractivity contribution in [3.8, 4) is 0 Å². The Kier molecular flexibility index (Phi) is 25.5. The zero-order valence-electron chi connectivity index (χ0n) is 26.6. The van der Waals surface area contributed by atoms with Crippen LogP contribution in [0.15, 0.2) is 24.3 Å². The van der Waals surface area contributed by atoms with Crippen molar-refractivity contribution in [3.63, 3.8) is 0 Å². The van der Waals surface area contributed by atoms with E-state index in [2.05, 4.69) is 21.3 Å².